The van der Waals surface area contributed by atoms with Crippen LogP contribution in [0.3, 0.4) is 0 Å². The second kappa shape index (κ2) is 5.56. The minimum Gasteiger partial charge on any atom is -0.307 e. The first kappa shape index (κ1) is 12.6. The number of para-hydroxylation sites is 1. The molecule has 0 aliphatic rings. The van der Waals surface area contributed by atoms with Crippen LogP contribution in [-0.4, -0.2) is 25.8 Å². The molecule has 0 bridgehead atoms. The molecule has 0 radical (unpaired) electrons. The first-order valence-electron chi connectivity index (χ1n) is 4.29. The predicted molar refractivity (Wildman–Crippen MR) is 57.1 cm³/mol. The normalized spacial score (nSPS) is 11.1. The summed E-state index contributed by atoms with van der Waals surface area (Å²) in [5.74, 6) is 0. The van der Waals surface area contributed by atoms with Gasteiger partial charge in [-0.15, -0.1) is 0 Å². The maximum Gasteiger partial charge on any atom is 0.296 e. The summed E-state index contributed by atoms with van der Waals surface area (Å²) in [6.45, 7) is 0.0566. The Kier molecular flexibility index (Phi) is 4.38. The quantitative estimate of drug-likeness (QED) is 0.233. The van der Waals surface area contributed by atoms with Crippen LogP contribution in [0.25, 0.3) is 0 Å². The molecule has 0 fully saturated rings. The SMILES string of the molecule is O=CCNNNc1ccccc1S(=O)(=O)O. The van der Waals surface area contributed by atoms with Crippen molar-refractivity contribution in [3.05, 3.63) is 24.3 Å². The van der Waals surface area contributed by atoms with Crippen molar-refractivity contribution >= 4 is 22.1 Å². The van der Waals surface area contributed by atoms with Crippen LogP contribution in [0.15, 0.2) is 29.2 Å². The Morgan fingerprint density at radius 3 is 2.62 bits per heavy atom. The van der Waals surface area contributed by atoms with E-state index in [1.165, 1.54) is 18.2 Å². The average Bonchev–Trinajstić information content (AvgIpc) is 2.24. The second-order valence-electron chi connectivity index (χ2n) is 2.77. The van der Waals surface area contributed by atoms with E-state index in [9.17, 15) is 13.2 Å². The number of hydrogen-bond acceptors (Lipinski definition) is 6. The molecule has 0 aromatic heterocycles. The van der Waals surface area contributed by atoms with E-state index < -0.39 is 10.1 Å². The highest BCUT2D eigenvalue weighted by Crippen LogP contribution is 2.18. The van der Waals surface area contributed by atoms with Crippen molar-refractivity contribution < 1.29 is 17.8 Å². The first-order valence-corrected chi connectivity index (χ1v) is 5.73. The zero-order chi connectivity index (χ0) is 12.0. The summed E-state index contributed by atoms with van der Waals surface area (Å²) < 4.78 is 30.8. The topological polar surface area (TPSA) is 108 Å². The van der Waals surface area contributed by atoms with Gasteiger partial charge in [0, 0.05) is 0 Å². The molecule has 1 aromatic rings. The highest BCUT2D eigenvalue weighted by atomic mass is 32.2. The van der Waals surface area contributed by atoms with Gasteiger partial charge >= 0.3 is 0 Å². The third kappa shape index (κ3) is 3.59. The number of benzene rings is 1. The fourth-order valence-corrected chi connectivity index (χ4v) is 1.65. The van der Waals surface area contributed by atoms with E-state index in [4.69, 9.17) is 4.55 Å². The van der Waals surface area contributed by atoms with Gasteiger partial charge in [0.25, 0.3) is 10.1 Å². The molecule has 16 heavy (non-hydrogen) atoms. The minimum atomic E-state index is -4.28. The summed E-state index contributed by atoms with van der Waals surface area (Å²) in [6.07, 6.45) is 0.628. The number of anilines is 1. The van der Waals surface area contributed by atoms with Crippen molar-refractivity contribution in [2.24, 2.45) is 0 Å². The maximum absolute atomic E-state index is 11.0. The molecule has 1 rings (SSSR count). The summed E-state index contributed by atoms with van der Waals surface area (Å²) in [7, 11) is -4.28. The van der Waals surface area contributed by atoms with Crippen molar-refractivity contribution in [2.45, 2.75) is 4.90 Å². The lowest BCUT2D eigenvalue weighted by Crippen LogP contribution is -2.38. The van der Waals surface area contributed by atoms with Crippen molar-refractivity contribution in [1.29, 1.82) is 0 Å². The zero-order valence-electron chi connectivity index (χ0n) is 8.17. The van der Waals surface area contributed by atoms with Gasteiger partial charge in [-0.1, -0.05) is 12.1 Å². The number of aldehydes is 1. The van der Waals surface area contributed by atoms with E-state index in [2.05, 4.69) is 16.4 Å². The third-order valence-corrected chi connectivity index (χ3v) is 2.55. The average molecular weight is 245 g/mol. The van der Waals surface area contributed by atoms with Gasteiger partial charge in [-0.05, 0) is 12.1 Å². The standard InChI is InChI=1S/C8H11N3O4S/c12-6-5-9-11-10-7-3-1-2-4-8(7)16(13,14)15/h1-4,6,9-11H,5H2,(H,13,14,15). The van der Waals surface area contributed by atoms with Crippen molar-refractivity contribution in [3.8, 4) is 0 Å². The van der Waals surface area contributed by atoms with E-state index in [1.54, 1.807) is 6.07 Å². The third-order valence-electron chi connectivity index (χ3n) is 1.64. The first-order chi connectivity index (χ1) is 7.55. The highest BCUT2D eigenvalue weighted by molar-refractivity contribution is 7.86. The summed E-state index contributed by atoms with van der Waals surface area (Å²) in [5.41, 5.74) is 7.53. The van der Waals surface area contributed by atoms with Crippen LogP contribution in [0.5, 0.6) is 0 Å². The van der Waals surface area contributed by atoms with Crippen LogP contribution in [0.2, 0.25) is 0 Å². The van der Waals surface area contributed by atoms with Crippen LogP contribution in [-0.2, 0) is 14.9 Å². The molecule has 0 heterocycles. The van der Waals surface area contributed by atoms with Gasteiger partial charge in [0.15, 0.2) is 0 Å². The molecular weight excluding hydrogens is 234 g/mol. The van der Waals surface area contributed by atoms with Crippen molar-refractivity contribution in [1.82, 2.24) is 11.0 Å². The number of nitrogens with one attached hydrogen (secondary N) is 3. The number of hydrogen-bond donors (Lipinski definition) is 4. The monoisotopic (exact) mass is 245 g/mol. The summed E-state index contributed by atoms with van der Waals surface area (Å²) in [4.78, 5) is 9.72. The van der Waals surface area contributed by atoms with Gasteiger partial charge < -0.3 is 10.2 Å². The molecule has 7 nitrogen and oxygen atoms in total. The number of carbonyl (C=O) groups is 1. The van der Waals surface area contributed by atoms with E-state index in [1.807, 2.05) is 0 Å². The van der Waals surface area contributed by atoms with Gasteiger partial charge in [0.1, 0.15) is 11.2 Å². The molecule has 4 N–H and O–H groups in total. The van der Waals surface area contributed by atoms with Gasteiger partial charge in [-0.25, -0.2) is 5.43 Å². The van der Waals surface area contributed by atoms with E-state index in [-0.39, 0.29) is 17.1 Å². The molecule has 88 valence electrons. The Hall–Kier alpha value is -1.48. The van der Waals surface area contributed by atoms with Crippen molar-refractivity contribution in [3.63, 3.8) is 0 Å². The van der Waals surface area contributed by atoms with Gasteiger partial charge in [0.05, 0.1) is 12.2 Å². The zero-order valence-corrected chi connectivity index (χ0v) is 8.99. The molecule has 0 saturated heterocycles. The molecule has 0 unspecified atom stereocenters. The van der Waals surface area contributed by atoms with Gasteiger partial charge in [0.2, 0.25) is 0 Å². The molecule has 1 aromatic carbocycles. The van der Waals surface area contributed by atoms with Crippen LogP contribution in [0.1, 0.15) is 0 Å². The second-order valence-corrected chi connectivity index (χ2v) is 4.16. The Labute approximate surface area is 92.5 Å². The van der Waals surface area contributed by atoms with Crippen LogP contribution < -0.4 is 16.4 Å². The fourth-order valence-electron chi connectivity index (χ4n) is 0.999. The molecule has 0 aliphatic carbocycles. The van der Waals surface area contributed by atoms with E-state index in [0.29, 0.717) is 6.29 Å². The van der Waals surface area contributed by atoms with Crippen molar-refractivity contribution in [2.75, 3.05) is 12.0 Å². The number of hydrazine groups is 2. The molecule has 0 atom stereocenters. The molecule has 0 saturated carbocycles. The molecule has 0 amide bonds. The Morgan fingerprint density at radius 1 is 1.31 bits per heavy atom. The lowest BCUT2D eigenvalue weighted by atomic mass is 10.3. The summed E-state index contributed by atoms with van der Waals surface area (Å²) in [6, 6.07) is 5.78. The summed E-state index contributed by atoms with van der Waals surface area (Å²) >= 11 is 0. The van der Waals surface area contributed by atoms with Gasteiger partial charge in [-0.2, -0.15) is 14.0 Å². The van der Waals surface area contributed by atoms with Crippen LogP contribution in [0.4, 0.5) is 5.69 Å². The highest BCUT2D eigenvalue weighted by Gasteiger charge is 2.13. The van der Waals surface area contributed by atoms with Crippen LogP contribution in [0, 0.1) is 0 Å². The fraction of sp³-hybridized carbons (Fsp3) is 0.125. The Bertz CT molecular complexity index is 460. The minimum absolute atomic E-state index is 0.0566. The molecule has 8 heteroatoms. The smallest absolute Gasteiger partial charge is 0.296 e. The maximum atomic E-state index is 11.0. The Balaban J connectivity index is 2.76. The summed E-state index contributed by atoms with van der Waals surface area (Å²) in [5, 5.41) is 0. The Morgan fingerprint density at radius 2 is 2.00 bits per heavy atom. The van der Waals surface area contributed by atoms with Crippen LogP contribution >= 0.6 is 0 Å². The molecular formula is C8H11N3O4S. The predicted octanol–water partition coefficient (Wildman–Crippen LogP) is -0.447. The number of rotatable bonds is 6. The van der Waals surface area contributed by atoms with E-state index >= 15 is 0 Å². The lowest BCUT2D eigenvalue weighted by molar-refractivity contribution is -0.107. The molecule has 0 aliphatic heterocycles. The largest absolute Gasteiger partial charge is 0.307 e. The van der Waals surface area contributed by atoms with Gasteiger partial charge in [-0.3, -0.25) is 4.55 Å². The number of carbonyl (C=O) groups excluding carboxylic acids is 1. The van der Waals surface area contributed by atoms with E-state index in [0.717, 1.165) is 0 Å². The lowest BCUT2D eigenvalue weighted by Gasteiger charge is -2.10. The molecule has 0 spiro atoms.